The van der Waals surface area contributed by atoms with Gasteiger partial charge in [0.05, 0.1) is 23.9 Å². The average Bonchev–Trinajstić information content (AvgIpc) is 2.93. The molecule has 0 radical (unpaired) electrons. The summed E-state index contributed by atoms with van der Waals surface area (Å²) in [5, 5.41) is 0. The first-order valence-electron chi connectivity index (χ1n) is 8.42. The van der Waals surface area contributed by atoms with E-state index < -0.39 is 9.84 Å². The molecule has 24 heavy (non-hydrogen) atoms. The van der Waals surface area contributed by atoms with Crippen molar-refractivity contribution < 1.29 is 13.2 Å². The molecule has 7 nitrogen and oxygen atoms in total. The van der Waals surface area contributed by atoms with Crippen LogP contribution in [0.4, 0.5) is 5.82 Å². The first-order valence-corrected chi connectivity index (χ1v) is 10.2. The van der Waals surface area contributed by atoms with Crippen molar-refractivity contribution in [3.8, 4) is 0 Å². The number of nitrogens with zero attached hydrogens (tertiary/aromatic N) is 4. The van der Waals surface area contributed by atoms with Crippen LogP contribution < -0.4 is 4.90 Å². The van der Waals surface area contributed by atoms with Crippen molar-refractivity contribution in [3.63, 3.8) is 0 Å². The third-order valence-electron chi connectivity index (χ3n) is 4.35. The Morgan fingerprint density at radius 3 is 2.54 bits per heavy atom. The Morgan fingerprint density at radius 2 is 2.04 bits per heavy atom. The molecule has 1 unspecified atom stereocenters. The minimum absolute atomic E-state index is 0.0395. The molecule has 8 heteroatoms. The van der Waals surface area contributed by atoms with Gasteiger partial charge in [0.25, 0.3) is 5.91 Å². The topological polar surface area (TPSA) is 83.5 Å². The third-order valence-corrected chi connectivity index (χ3v) is 6.10. The maximum Gasteiger partial charge on any atom is 0.274 e. The van der Waals surface area contributed by atoms with E-state index >= 15 is 0 Å². The van der Waals surface area contributed by atoms with Crippen LogP contribution in [0.25, 0.3) is 0 Å². The molecule has 0 spiro atoms. The minimum atomic E-state index is -3.03. The Labute approximate surface area is 144 Å². The van der Waals surface area contributed by atoms with Crippen LogP contribution in [0, 0.1) is 0 Å². The van der Waals surface area contributed by atoms with Crippen LogP contribution in [0.15, 0.2) is 12.4 Å². The van der Waals surface area contributed by atoms with Crippen LogP contribution >= 0.6 is 0 Å². The second-order valence-corrected chi connectivity index (χ2v) is 8.41. The first kappa shape index (κ1) is 18.6. The summed E-state index contributed by atoms with van der Waals surface area (Å²) in [5.41, 5.74) is 0.258. The summed E-state index contributed by atoms with van der Waals surface area (Å²) < 4.78 is 23.3. The fraction of sp³-hybridized carbons (Fsp3) is 0.688. The fourth-order valence-electron chi connectivity index (χ4n) is 2.87. The third kappa shape index (κ3) is 4.43. The lowest BCUT2D eigenvalue weighted by molar-refractivity contribution is 0.0702. The van der Waals surface area contributed by atoms with Crippen molar-refractivity contribution in [2.75, 3.05) is 36.5 Å². The van der Waals surface area contributed by atoms with Gasteiger partial charge in [-0.25, -0.2) is 18.4 Å². The molecule has 0 N–H and O–H groups in total. The molecule has 0 saturated carbocycles. The number of rotatable bonds is 7. The zero-order valence-electron chi connectivity index (χ0n) is 14.6. The molecule has 0 aromatic carbocycles. The average molecular weight is 354 g/mol. The van der Waals surface area contributed by atoms with Gasteiger partial charge < -0.3 is 9.80 Å². The molecule has 0 bridgehead atoms. The summed E-state index contributed by atoms with van der Waals surface area (Å²) in [4.78, 5) is 24.8. The van der Waals surface area contributed by atoms with Gasteiger partial charge in [-0.1, -0.05) is 13.3 Å². The largest absolute Gasteiger partial charge is 0.358 e. The fourth-order valence-corrected chi connectivity index (χ4v) is 4.61. The van der Waals surface area contributed by atoms with Crippen molar-refractivity contribution in [2.24, 2.45) is 0 Å². The second-order valence-electron chi connectivity index (χ2n) is 6.18. The Kier molecular flexibility index (Phi) is 6.15. The maximum absolute atomic E-state index is 12.6. The summed E-state index contributed by atoms with van der Waals surface area (Å²) in [6.07, 6.45) is 5.74. The molecule has 2 rings (SSSR count). The number of amides is 1. The minimum Gasteiger partial charge on any atom is -0.358 e. The number of aromatic nitrogens is 2. The number of carbonyl (C=O) groups is 1. The molecule has 2 heterocycles. The lowest BCUT2D eigenvalue weighted by Crippen LogP contribution is -2.41. The van der Waals surface area contributed by atoms with E-state index in [1.54, 1.807) is 11.1 Å². The van der Waals surface area contributed by atoms with Gasteiger partial charge in [-0.05, 0) is 19.8 Å². The predicted octanol–water partition coefficient (Wildman–Crippen LogP) is 1.36. The predicted molar refractivity (Wildman–Crippen MR) is 94.0 cm³/mol. The normalized spacial score (nSPS) is 19.2. The zero-order valence-corrected chi connectivity index (χ0v) is 15.4. The van der Waals surface area contributed by atoms with Gasteiger partial charge in [-0.3, -0.25) is 4.79 Å². The van der Waals surface area contributed by atoms with Gasteiger partial charge in [0.15, 0.2) is 9.84 Å². The molecule has 1 aliphatic rings. The van der Waals surface area contributed by atoms with E-state index in [0.29, 0.717) is 13.0 Å². The quantitative estimate of drug-likeness (QED) is 0.735. The maximum atomic E-state index is 12.6. The van der Waals surface area contributed by atoms with Crippen molar-refractivity contribution in [3.05, 3.63) is 18.1 Å². The Bertz CT molecular complexity index is 660. The van der Waals surface area contributed by atoms with Crippen molar-refractivity contribution in [1.29, 1.82) is 0 Å². The number of anilines is 1. The lowest BCUT2D eigenvalue weighted by atomic mass is 10.2. The summed E-state index contributed by atoms with van der Waals surface area (Å²) in [7, 11) is -1.08. The highest BCUT2D eigenvalue weighted by Gasteiger charge is 2.34. The SMILES string of the molecule is CCCCN(C)c1cnc(C(=O)N(CC)C2CCS(=O)(=O)C2)cn1. The second kappa shape index (κ2) is 7.92. The summed E-state index contributed by atoms with van der Waals surface area (Å²) in [6, 6.07) is -0.263. The molecule has 1 saturated heterocycles. The summed E-state index contributed by atoms with van der Waals surface area (Å²) in [6.45, 7) is 5.32. The first-order chi connectivity index (χ1) is 11.4. The van der Waals surface area contributed by atoms with Crippen LogP contribution in [0.5, 0.6) is 0 Å². The molecular formula is C16H26N4O3S. The smallest absolute Gasteiger partial charge is 0.274 e. The van der Waals surface area contributed by atoms with Crippen LogP contribution in [-0.4, -0.2) is 66.9 Å². The highest BCUT2D eigenvalue weighted by atomic mass is 32.2. The molecular weight excluding hydrogens is 328 g/mol. The zero-order chi connectivity index (χ0) is 17.7. The van der Waals surface area contributed by atoms with Gasteiger partial charge in [0, 0.05) is 26.2 Å². The number of sulfone groups is 1. The Hall–Kier alpha value is -1.70. The van der Waals surface area contributed by atoms with Crippen molar-refractivity contribution in [2.45, 2.75) is 39.2 Å². The monoisotopic (exact) mass is 354 g/mol. The molecule has 1 atom stereocenters. The number of hydrogen-bond acceptors (Lipinski definition) is 6. The number of carbonyl (C=O) groups excluding carboxylic acids is 1. The molecule has 1 aliphatic heterocycles. The van der Waals surface area contributed by atoms with Crippen LogP contribution in [0.2, 0.25) is 0 Å². The van der Waals surface area contributed by atoms with E-state index in [1.807, 2.05) is 18.9 Å². The van der Waals surface area contributed by atoms with Crippen LogP contribution in [0.1, 0.15) is 43.6 Å². The van der Waals surface area contributed by atoms with Crippen molar-refractivity contribution in [1.82, 2.24) is 14.9 Å². The van der Waals surface area contributed by atoms with E-state index in [2.05, 4.69) is 16.9 Å². The van der Waals surface area contributed by atoms with E-state index in [0.717, 1.165) is 25.2 Å². The number of hydrogen-bond donors (Lipinski definition) is 0. The Morgan fingerprint density at radius 1 is 1.29 bits per heavy atom. The van der Waals surface area contributed by atoms with Crippen LogP contribution in [0.3, 0.4) is 0 Å². The Balaban J connectivity index is 2.08. The van der Waals surface area contributed by atoms with Gasteiger partial charge >= 0.3 is 0 Å². The van der Waals surface area contributed by atoms with Crippen molar-refractivity contribution >= 4 is 21.6 Å². The lowest BCUT2D eigenvalue weighted by Gasteiger charge is -2.26. The molecule has 1 aromatic rings. The van der Waals surface area contributed by atoms with E-state index in [-0.39, 0.29) is 29.1 Å². The van der Waals surface area contributed by atoms with Gasteiger partial charge in [-0.2, -0.15) is 0 Å². The molecule has 134 valence electrons. The number of unbranched alkanes of at least 4 members (excludes halogenated alkanes) is 1. The van der Waals surface area contributed by atoms with Crippen LogP contribution in [-0.2, 0) is 9.84 Å². The molecule has 1 fully saturated rings. The van der Waals surface area contributed by atoms with E-state index in [1.165, 1.54) is 6.20 Å². The van der Waals surface area contributed by atoms with Gasteiger partial charge in [0.1, 0.15) is 11.5 Å². The molecule has 1 aromatic heterocycles. The summed E-state index contributed by atoms with van der Waals surface area (Å²) in [5.74, 6) is 0.660. The highest BCUT2D eigenvalue weighted by Crippen LogP contribution is 2.19. The molecule has 0 aliphatic carbocycles. The highest BCUT2D eigenvalue weighted by molar-refractivity contribution is 7.91. The van der Waals surface area contributed by atoms with E-state index in [9.17, 15) is 13.2 Å². The van der Waals surface area contributed by atoms with E-state index in [4.69, 9.17) is 0 Å². The summed E-state index contributed by atoms with van der Waals surface area (Å²) >= 11 is 0. The van der Waals surface area contributed by atoms with Gasteiger partial charge in [-0.15, -0.1) is 0 Å². The van der Waals surface area contributed by atoms with Gasteiger partial charge in [0.2, 0.25) is 0 Å². The standard InChI is InChI=1S/C16H26N4O3S/c1-4-6-8-19(3)15-11-17-14(10-18-15)16(21)20(5-2)13-7-9-24(22,23)12-13/h10-11,13H,4-9,12H2,1-3H3. The molecule has 1 amide bonds.